The SMILES string of the molecule is O=C(COc1ccc(C2c3[nH]c4ccc(Cl)cc4c3CCN2C(=O)Oc2ccc(F)cc2)cc1)N1CCN(CCO)CC1. The van der Waals surface area contributed by atoms with Crippen LogP contribution in [0.2, 0.25) is 5.02 Å². The molecule has 0 radical (unpaired) electrons. The van der Waals surface area contributed by atoms with Crippen molar-refractivity contribution >= 4 is 34.5 Å². The molecular formula is C32H32ClFN4O5. The van der Waals surface area contributed by atoms with Gasteiger partial charge >= 0.3 is 6.09 Å². The second kappa shape index (κ2) is 12.6. The van der Waals surface area contributed by atoms with Crippen LogP contribution in [0.5, 0.6) is 11.5 Å². The highest BCUT2D eigenvalue weighted by Crippen LogP contribution is 2.40. The topological polar surface area (TPSA) is 98.3 Å². The molecule has 11 heteroatoms. The summed E-state index contributed by atoms with van der Waals surface area (Å²) < 4.78 is 24.9. The van der Waals surface area contributed by atoms with Gasteiger partial charge < -0.3 is 24.5 Å². The molecule has 0 spiro atoms. The standard InChI is InChI=1S/C32H32ClFN4O5/c33-22-3-10-28-27(19-22)26-11-12-38(32(41)43-25-8-4-23(34)5-9-25)31(30(26)35-28)21-1-6-24(7-2-21)42-20-29(40)37-15-13-36(14-16-37)17-18-39/h1-10,19,31,35,39H,11-18,20H2. The van der Waals surface area contributed by atoms with Crippen molar-refractivity contribution in [3.05, 3.63) is 94.4 Å². The average molecular weight is 607 g/mol. The van der Waals surface area contributed by atoms with Crippen molar-refractivity contribution in [2.24, 2.45) is 0 Å². The van der Waals surface area contributed by atoms with Crippen LogP contribution in [0.4, 0.5) is 9.18 Å². The molecule has 1 fully saturated rings. The number of amides is 2. The van der Waals surface area contributed by atoms with E-state index < -0.39 is 18.0 Å². The Morgan fingerprint density at radius 2 is 1.67 bits per heavy atom. The molecule has 2 amide bonds. The largest absolute Gasteiger partial charge is 0.484 e. The lowest BCUT2D eigenvalue weighted by Gasteiger charge is -2.35. The molecule has 1 saturated heterocycles. The third-order valence-corrected chi connectivity index (χ3v) is 8.28. The Hall–Kier alpha value is -4.12. The summed E-state index contributed by atoms with van der Waals surface area (Å²) in [6.45, 7) is 3.70. The van der Waals surface area contributed by atoms with Gasteiger partial charge in [-0.3, -0.25) is 14.6 Å². The number of benzene rings is 3. The van der Waals surface area contributed by atoms with Gasteiger partial charge in [0.25, 0.3) is 5.91 Å². The van der Waals surface area contributed by atoms with Gasteiger partial charge in [-0.2, -0.15) is 0 Å². The van der Waals surface area contributed by atoms with Gasteiger partial charge in [-0.25, -0.2) is 9.18 Å². The first-order valence-electron chi connectivity index (χ1n) is 14.3. The maximum absolute atomic E-state index is 13.5. The Morgan fingerprint density at radius 1 is 0.953 bits per heavy atom. The molecule has 3 aromatic carbocycles. The summed E-state index contributed by atoms with van der Waals surface area (Å²) in [6, 6.07) is 17.9. The number of aliphatic hydroxyl groups is 1. The zero-order chi connectivity index (χ0) is 29.9. The summed E-state index contributed by atoms with van der Waals surface area (Å²) >= 11 is 6.31. The zero-order valence-electron chi connectivity index (χ0n) is 23.5. The highest BCUT2D eigenvalue weighted by Gasteiger charge is 2.36. The molecule has 224 valence electrons. The highest BCUT2D eigenvalue weighted by atomic mass is 35.5. The van der Waals surface area contributed by atoms with E-state index in [1.807, 2.05) is 30.3 Å². The molecule has 6 rings (SSSR count). The predicted octanol–water partition coefficient (Wildman–Crippen LogP) is 4.62. The fourth-order valence-electron chi connectivity index (χ4n) is 5.81. The normalized spacial score (nSPS) is 17.1. The number of aromatic amines is 1. The van der Waals surface area contributed by atoms with Crippen LogP contribution in [0, 0.1) is 5.82 Å². The summed E-state index contributed by atoms with van der Waals surface area (Å²) in [4.78, 5) is 35.2. The van der Waals surface area contributed by atoms with Crippen LogP contribution in [0.15, 0.2) is 66.7 Å². The molecule has 0 bridgehead atoms. The Kier molecular flexibility index (Phi) is 8.51. The van der Waals surface area contributed by atoms with Crippen LogP contribution in [-0.4, -0.2) is 89.3 Å². The van der Waals surface area contributed by atoms with E-state index in [0.29, 0.717) is 43.4 Å². The number of hydrogen-bond donors (Lipinski definition) is 2. The van der Waals surface area contributed by atoms with E-state index in [2.05, 4.69) is 9.88 Å². The average Bonchev–Trinajstić information content (AvgIpc) is 3.39. The van der Waals surface area contributed by atoms with Crippen LogP contribution in [0.1, 0.15) is 22.9 Å². The van der Waals surface area contributed by atoms with Gasteiger partial charge in [0, 0.05) is 60.9 Å². The predicted molar refractivity (Wildman–Crippen MR) is 160 cm³/mol. The van der Waals surface area contributed by atoms with Crippen molar-refractivity contribution in [3.8, 4) is 11.5 Å². The Bertz CT molecular complexity index is 1600. The monoisotopic (exact) mass is 606 g/mol. The van der Waals surface area contributed by atoms with E-state index in [-0.39, 0.29) is 24.9 Å². The van der Waals surface area contributed by atoms with Crippen LogP contribution in [0.25, 0.3) is 10.9 Å². The fraction of sp³-hybridized carbons (Fsp3) is 0.312. The number of halogens is 2. The number of hydrogen-bond acceptors (Lipinski definition) is 6. The van der Waals surface area contributed by atoms with E-state index in [4.69, 9.17) is 26.2 Å². The molecule has 9 nitrogen and oxygen atoms in total. The summed E-state index contributed by atoms with van der Waals surface area (Å²) in [5.74, 6) is 0.288. The second-order valence-corrected chi connectivity index (χ2v) is 11.1. The maximum Gasteiger partial charge on any atom is 0.416 e. The molecule has 0 aliphatic carbocycles. The number of β-amino-alcohol motifs (C(OH)–C–C–N with tert-alkyl or cyclic N) is 1. The number of nitrogens with one attached hydrogen (secondary N) is 1. The van der Waals surface area contributed by atoms with E-state index in [9.17, 15) is 14.0 Å². The van der Waals surface area contributed by atoms with Gasteiger partial charge in [-0.1, -0.05) is 23.7 Å². The zero-order valence-corrected chi connectivity index (χ0v) is 24.2. The van der Waals surface area contributed by atoms with Gasteiger partial charge in [-0.05, 0) is 72.1 Å². The lowest BCUT2D eigenvalue weighted by molar-refractivity contribution is -0.135. The van der Waals surface area contributed by atoms with Crippen molar-refractivity contribution in [1.82, 2.24) is 19.7 Å². The number of H-pyrrole nitrogens is 1. The summed E-state index contributed by atoms with van der Waals surface area (Å²) in [5.41, 5.74) is 3.69. The quantitative estimate of drug-likeness (QED) is 0.319. The van der Waals surface area contributed by atoms with Crippen molar-refractivity contribution in [2.45, 2.75) is 12.5 Å². The first kappa shape index (κ1) is 29.0. The Balaban J connectivity index is 1.21. The molecule has 2 N–H and O–H groups in total. The number of carbonyl (C=O) groups is 2. The molecule has 43 heavy (non-hydrogen) atoms. The third kappa shape index (κ3) is 6.31. The molecule has 3 heterocycles. The number of ether oxygens (including phenoxy) is 2. The molecule has 1 atom stereocenters. The molecule has 4 aromatic rings. The van der Waals surface area contributed by atoms with E-state index in [1.54, 1.807) is 21.9 Å². The van der Waals surface area contributed by atoms with Gasteiger partial charge in [0.1, 0.15) is 23.4 Å². The molecule has 1 unspecified atom stereocenters. The van der Waals surface area contributed by atoms with E-state index in [0.717, 1.165) is 40.8 Å². The van der Waals surface area contributed by atoms with Crippen LogP contribution >= 0.6 is 11.6 Å². The van der Waals surface area contributed by atoms with Crippen molar-refractivity contribution in [3.63, 3.8) is 0 Å². The summed E-state index contributed by atoms with van der Waals surface area (Å²) in [6.07, 6.45) is 0.0476. The number of aliphatic hydroxyl groups excluding tert-OH is 1. The minimum atomic E-state index is -0.552. The third-order valence-electron chi connectivity index (χ3n) is 8.04. The number of aromatic nitrogens is 1. The number of nitrogens with zero attached hydrogens (tertiary/aromatic N) is 3. The van der Waals surface area contributed by atoms with Gasteiger partial charge in [0.15, 0.2) is 6.61 Å². The minimum absolute atomic E-state index is 0.0776. The van der Waals surface area contributed by atoms with Crippen molar-refractivity contribution in [1.29, 1.82) is 0 Å². The van der Waals surface area contributed by atoms with E-state index >= 15 is 0 Å². The number of piperazine rings is 1. The van der Waals surface area contributed by atoms with Gasteiger partial charge in [-0.15, -0.1) is 0 Å². The van der Waals surface area contributed by atoms with Crippen molar-refractivity contribution in [2.75, 3.05) is 52.5 Å². The molecule has 0 saturated carbocycles. The molecule has 1 aromatic heterocycles. The second-order valence-electron chi connectivity index (χ2n) is 10.7. The first-order chi connectivity index (χ1) is 20.9. The number of carbonyl (C=O) groups excluding carboxylic acids is 2. The van der Waals surface area contributed by atoms with E-state index in [1.165, 1.54) is 24.3 Å². The Morgan fingerprint density at radius 3 is 2.40 bits per heavy atom. The molecule has 2 aliphatic heterocycles. The minimum Gasteiger partial charge on any atom is -0.484 e. The fourth-order valence-corrected chi connectivity index (χ4v) is 5.98. The summed E-state index contributed by atoms with van der Waals surface area (Å²) in [5, 5.41) is 10.8. The van der Waals surface area contributed by atoms with Crippen LogP contribution in [0.3, 0.4) is 0 Å². The first-order valence-corrected chi connectivity index (χ1v) is 14.6. The van der Waals surface area contributed by atoms with Crippen LogP contribution in [-0.2, 0) is 11.2 Å². The smallest absolute Gasteiger partial charge is 0.416 e. The van der Waals surface area contributed by atoms with Crippen molar-refractivity contribution < 1.29 is 28.6 Å². The lowest BCUT2D eigenvalue weighted by Crippen LogP contribution is -2.50. The maximum atomic E-state index is 13.5. The van der Waals surface area contributed by atoms with Gasteiger partial charge in [0.2, 0.25) is 0 Å². The number of rotatable bonds is 7. The van der Waals surface area contributed by atoms with Gasteiger partial charge in [0.05, 0.1) is 6.61 Å². The Labute approximate surface area is 253 Å². The summed E-state index contributed by atoms with van der Waals surface area (Å²) in [7, 11) is 0. The highest BCUT2D eigenvalue weighted by molar-refractivity contribution is 6.31. The molecule has 2 aliphatic rings. The lowest BCUT2D eigenvalue weighted by atomic mass is 9.92. The number of fused-ring (bicyclic) bond motifs is 3. The van der Waals surface area contributed by atoms with Crippen LogP contribution < -0.4 is 9.47 Å². The molecular weight excluding hydrogens is 575 g/mol.